The highest BCUT2D eigenvalue weighted by molar-refractivity contribution is 5.74. The van der Waals surface area contributed by atoms with Crippen LogP contribution in [0.5, 0.6) is 5.75 Å². The fourth-order valence-electron chi connectivity index (χ4n) is 3.70. The van der Waals surface area contributed by atoms with Crippen molar-refractivity contribution >= 4 is 0 Å². The van der Waals surface area contributed by atoms with E-state index < -0.39 is 0 Å². The van der Waals surface area contributed by atoms with E-state index in [0.717, 1.165) is 34.0 Å². The molecule has 3 nitrogen and oxygen atoms in total. The number of benzene rings is 3. The van der Waals surface area contributed by atoms with Crippen LogP contribution in [0.25, 0.3) is 28.2 Å². The Morgan fingerprint density at radius 3 is 2.07 bits per heavy atom. The molecule has 0 radical (unpaired) electrons. The molecule has 0 spiro atoms. The molecule has 0 amide bonds. The van der Waals surface area contributed by atoms with E-state index in [1.54, 1.807) is 6.07 Å². The molecule has 0 fully saturated rings. The molecule has 30 heavy (non-hydrogen) atoms. The lowest BCUT2D eigenvalue weighted by molar-refractivity contribution is 0.242. The first-order chi connectivity index (χ1) is 14.5. The van der Waals surface area contributed by atoms with Crippen molar-refractivity contribution in [3.63, 3.8) is 0 Å². The summed E-state index contributed by atoms with van der Waals surface area (Å²) in [7, 11) is 0. The topological polar surface area (TPSA) is 31.2 Å². The van der Waals surface area contributed by atoms with Gasteiger partial charge in [-0.25, -0.2) is 0 Å². The molecule has 0 bridgehead atoms. The molecule has 3 aromatic carbocycles. The lowest BCUT2D eigenvalue weighted by Crippen LogP contribution is -2.15. The monoisotopic (exact) mass is 395 g/mol. The van der Waals surface area contributed by atoms with Crippen molar-refractivity contribution < 1.29 is 4.74 Å². The quantitative estimate of drug-likeness (QED) is 0.399. The predicted molar refractivity (Wildman–Crippen MR) is 123 cm³/mol. The van der Waals surface area contributed by atoms with Gasteiger partial charge < -0.3 is 9.30 Å². The molecule has 0 aliphatic heterocycles. The summed E-state index contributed by atoms with van der Waals surface area (Å²) in [6.07, 6.45) is 0.0771. The third-order valence-corrected chi connectivity index (χ3v) is 5.02. The minimum Gasteiger partial charge on any atom is -0.491 e. The van der Waals surface area contributed by atoms with Crippen LogP contribution in [-0.2, 0) is 0 Å². The average Bonchev–Trinajstić information content (AvgIpc) is 2.76. The number of pyridine rings is 1. The van der Waals surface area contributed by atoms with Gasteiger partial charge in [-0.05, 0) is 50.6 Å². The first kappa shape index (κ1) is 19.7. The van der Waals surface area contributed by atoms with Gasteiger partial charge in [0, 0.05) is 22.9 Å². The van der Waals surface area contributed by atoms with E-state index >= 15 is 0 Å². The van der Waals surface area contributed by atoms with Crippen molar-refractivity contribution in [2.75, 3.05) is 0 Å². The lowest BCUT2D eigenvalue weighted by atomic mass is 10.0. The fourth-order valence-corrected chi connectivity index (χ4v) is 3.70. The van der Waals surface area contributed by atoms with Crippen molar-refractivity contribution in [3.05, 3.63) is 107 Å². The van der Waals surface area contributed by atoms with Crippen LogP contribution < -0.4 is 10.2 Å². The van der Waals surface area contributed by atoms with Crippen LogP contribution in [0, 0.1) is 6.92 Å². The normalized spacial score (nSPS) is 10.9. The molecule has 0 aliphatic carbocycles. The predicted octanol–water partition coefficient (Wildman–Crippen LogP) is 6.27. The third-order valence-electron chi connectivity index (χ3n) is 5.02. The molecule has 0 atom stereocenters. The summed E-state index contributed by atoms with van der Waals surface area (Å²) in [4.78, 5) is 13.0. The first-order valence-corrected chi connectivity index (χ1v) is 10.2. The summed E-state index contributed by atoms with van der Waals surface area (Å²) in [6, 6.07) is 29.9. The summed E-state index contributed by atoms with van der Waals surface area (Å²) in [5.41, 5.74) is 5.42. The smallest absolute Gasteiger partial charge is 0.185 e. The van der Waals surface area contributed by atoms with Gasteiger partial charge >= 0.3 is 0 Å². The second kappa shape index (κ2) is 8.42. The highest BCUT2D eigenvalue weighted by atomic mass is 16.5. The van der Waals surface area contributed by atoms with Crippen LogP contribution >= 0.6 is 0 Å². The van der Waals surface area contributed by atoms with E-state index in [-0.39, 0.29) is 11.5 Å². The van der Waals surface area contributed by atoms with Crippen molar-refractivity contribution in [2.45, 2.75) is 26.9 Å². The third kappa shape index (κ3) is 3.92. The Bertz CT molecular complexity index is 1210. The van der Waals surface area contributed by atoms with Crippen molar-refractivity contribution in [1.82, 2.24) is 4.57 Å². The summed E-state index contributed by atoms with van der Waals surface area (Å²) >= 11 is 0. The van der Waals surface area contributed by atoms with Crippen molar-refractivity contribution in [1.29, 1.82) is 0 Å². The minimum absolute atomic E-state index is 0.0196. The van der Waals surface area contributed by atoms with Crippen LogP contribution in [-0.4, -0.2) is 10.7 Å². The summed E-state index contributed by atoms with van der Waals surface area (Å²) in [5.74, 6) is 0.791. The number of para-hydroxylation sites is 1. The Balaban J connectivity index is 2.06. The van der Waals surface area contributed by atoms with E-state index in [1.807, 2.05) is 93.6 Å². The van der Waals surface area contributed by atoms with Gasteiger partial charge in [-0.15, -0.1) is 0 Å². The maximum absolute atomic E-state index is 13.0. The molecule has 1 aromatic heterocycles. The van der Waals surface area contributed by atoms with Gasteiger partial charge in [-0.2, -0.15) is 0 Å². The molecule has 150 valence electrons. The summed E-state index contributed by atoms with van der Waals surface area (Å²) < 4.78 is 8.09. The highest BCUT2D eigenvalue weighted by Crippen LogP contribution is 2.33. The zero-order valence-electron chi connectivity index (χ0n) is 17.5. The number of rotatable bonds is 5. The zero-order valence-corrected chi connectivity index (χ0v) is 17.5. The number of ether oxygens (including phenoxy) is 1. The van der Waals surface area contributed by atoms with E-state index in [2.05, 4.69) is 16.7 Å². The van der Waals surface area contributed by atoms with Gasteiger partial charge in [-0.3, -0.25) is 4.79 Å². The second-order valence-electron chi connectivity index (χ2n) is 7.60. The standard InChI is InChI=1S/C27H25NO2/c1-19(2)30-24-16-10-13-22(17-24)27-20(3)26(29)18-25(21-11-6-4-7-12-21)28(27)23-14-8-5-9-15-23/h4-19H,1-3H3. The van der Waals surface area contributed by atoms with Crippen LogP contribution in [0.15, 0.2) is 95.8 Å². The average molecular weight is 396 g/mol. The molecular formula is C27H25NO2. The Labute approximate surface area is 177 Å². The largest absolute Gasteiger partial charge is 0.491 e. The lowest BCUT2D eigenvalue weighted by Gasteiger charge is -2.22. The summed E-state index contributed by atoms with van der Waals surface area (Å²) in [5, 5.41) is 0. The van der Waals surface area contributed by atoms with Gasteiger partial charge in [0.05, 0.1) is 17.5 Å². The molecular weight excluding hydrogens is 370 g/mol. The maximum atomic E-state index is 13.0. The minimum atomic E-state index is 0.0196. The molecule has 4 aromatic rings. The van der Waals surface area contributed by atoms with Gasteiger partial charge in [0.2, 0.25) is 0 Å². The SMILES string of the molecule is Cc1c(-c2cccc(OC(C)C)c2)n(-c2ccccc2)c(-c2ccccc2)cc1=O. The van der Waals surface area contributed by atoms with E-state index in [0.29, 0.717) is 5.56 Å². The number of hydrogen-bond acceptors (Lipinski definition) is 2. The Kier molecular flexibility index (Phi) is 5.53. The highest BCUT2D eigenvalue weighted by Gasteiger charge is 2.17. The van der Waals surface area contributed by atoms with Crippen molar-refractivity contribution in [2.24, 2.45) is 0 Å². The van der Waals surface area contributed by atoms with Gasteiger partial charge in [-0.1, -0.05) is 60.7 Å². The molecule has 3 heteroatoms. The molecule has 0 unspecified atom stereocenters. The molecule has 0 aliphatic rings. The van der Waals surface area contributed by atoms with Gasteiger partial charge in [0.25, 0.3) is 0 Å². The second-order valence-corrected chi connectivity index (χ2v) is 7.60. The Hall–Kier alpha value is -3.59. The van der Waals surface area contributed by atoms with Crippen LogP contribution in [0.4, 0.5) is 0 Å². The van der Waals surface area contributed by atoms with Crippen LogP contribution in [0.2, 0.25) is 0 Å². The van der Waals surface area contributed by atoms with E-state index in [9.17, 15) is 4.79 Å². The van der Waals surface area contributed by atoms with Crippen LogP contribution in [0.3, 0.4) is 0 Å². The van der Waals surface area contributed by atoms with E-state index in [1.165, 1.54) is 0 Å². The molecule has 4 rings (SSSR count). The maximum Gasteiger partial charge on any atom is 0.185 e. The molecule has 0 N–H and O–H groups in total. The Morgan fingerprint density at radius 2 is 1.40 bits per heavy atom. The van der Waals surface area contributed by atoms with Crippen LogP contribution in [0.1, 0.15) is 19.4 Å². The fraction of sp³-hybridized carbons (Fsp3) is 0.148. The molecule has 0 saturated heterocycles. The molecule has 0 saturated carbocycles. The van der Waals surface area contributed by atoms with Gasteiger partial charge in [0.15, 0.2) is 5.43 Å². The summed E-state index contributed by atoms with van der Waals surface area (Å²) in [6.45, 7) is 5.91. The zero-order chi connectivity index (χ0) is 21.1. The van der Waals surface area contributed by atoms with Crippen molar-refractivity contribution in [3.8, 4) is 34.0 Å². The number of hydrogen-bond donors (Lipinski definition) is 0. The molecule has 1 heterocycles. The van der Waals surface area contributed by atoms with Gasteiger partial charge in [0.1, 0.15) is 5.75 Å². The number of aromatic nitrogens is 1. The number of nitrogens with zero attached hydrogens (tertiary/aromatic N) is 1. The van der Waals surface area contributed by atoms with E-state index in [4.69, 9.17) is 4.74 Å². The first-order valence-electron chi connectivity index (χ1n) is 10.2. The Morgan fingerprint density at radius 1 is 0.767 bits per heavy atom.